The van der Waals surface area contributed by atoms with Crippen molar-refractivity contribution >= 4 is 0 Å². The zero-order chi connectivity index (χ0) is 16.9. The summed E-state index contributed by atoms with van der Waals surface area (Å²) in [6, 6.07) is 16.7. The maximum atomic E-state index is 5.96. The molecule has 0 N–H and O–H groups in total. The number of rotatable bonds is 5. The Morgan fingerprint density at radius 3 is 2.04 bits per heavy atom. The maximum absolute atomic E-state index is 5.96. The number of hydrogen-bond donors (Lipinski definition) is 0. The lowest BCUT2D eigenvalue weighted by atomic mass is 9.78. The molecule has 24 heavy (non-hydrogen) atoms. The van der Waals surface area contributed by atoms with Crippen LogP contribution in [0.4, 0.5) is 0 Å². The molecule has 0 atom stereocenters. The molecule has 0 heterocycles. The van der Waals surface area contributed by atoms with Crippen LogP contribution < -0.4 is 9.47 Å². The maximum Gasteiger partial charge on any atom is 0.127 e. The van der Waals surface area contributed by atoms with Crippen LogP contribution in [0.25, 0.3) is 0 Å². The molecule has 2 heteroatoms. The van der Waals surface area contributed by atoms with E-state index in [1.165, 1.54) is 24.0 Å². The van der Waals surface area contributed by atoms with E-state index in [9.17, 15) is 0 Å². The average molecular weight is 322 g/mol. The van der Waals surface area contributed by atoms with Crippen LogP contribution in [0.15, 0.2) is 60.9 Å². The minimum Gasteiger partial charge on any atom is -0.497 e. The van der Waals surface area contributed by atoms with E-state index in [0.29, 0.717) is 11.8 Å². The van der Waals surface area contributed by atoms with Gasteiger partial charge in [0.15, 0.2) is 0 Å². The lowest BCUT2D eigenvalue weighted by Gasteiger charge is -2.29. The van der Waals surface area contributed by atoms with Crippen LogP contribution >= 0.6 is 0 Å². The SMILES string of the molecule is C=C(Oc1ccc(OC)cc1)C1CCC(c2ccc(C)cc2)CC1. The zero-order valence-electron chi connectivity index (χ0n) is 14.6. The molecule has 0 saturated heterocycles. The molecule has 0 aromatic heterocycles. The molecule has 2 aromatic rings. The first kappa shape index (κ1) is 16.6. The van der Waals surface area contributed by atoms with Gasteiger partial charge in [0.05, 0.1) is 12.9 Å². The molecular weight excluding hydrogens is 296 g/mol. The standard InChI is InChI=1S/C22H26O2/c1-16-4-6-19(7-5-16)20-10-8-18(9-11-20)17(2)24-22-14-12-21(23-3)13-15-22/h4-7,12-15,18,20H,2,8-11H2,1,3H3. The van der Waals surface area contributed by atoms with Crippen LogP contribution in [0.1, 0.15) is 42.7 Å². The molecule has 0 aliphatic heterocycles. The van der Waals surface area contributed by atoms with Crippen molar-refractivity contribution in [1.82, 2.24) is 0 Å². The van der Waals surface area contributed by atoms with Crippen molar-refractivity contribution in [2.75, 3.05) is 7.11 Å². The molecule has 0 amide bonds. The van der Waals surface area contributed by atoms with Crippen molar-refractivity contribution in [2.45, 2.75) is 38.5 Å². The van der Waals surface area contributed by atoms with Gasteiger partial charge in [-0.1, -0.05) is 36.4 Å². The monoisotopic (exact) mass is 322 g/mol. The Kier molecular flexibility index (Phi) is 5.24. The number of ether oxygens (including phenoxy) is 2. The fourth-order valence-electron chi connectivity index (χ4n) is 3.47. The molecule has 0 bridgehead atoms. The molecule has 126 valence electrons. The molecule has 1 aliphatic carbocycles. The summed E-state index contributed by atoms with van der Waals surface area (Å²) in [6.45, 7) is 6.31. The summed E-state index contributed by atoms with van der Waals surface area (Å²) in [5, 5.41) is 0. The number of benzene rings is 2. The van der Waals surface area contributed by atoms with Crippen molar-refractivity contribution < 1.29 is 9.47 Å². The van der Waals surface area contributed by atoms with E-state index >= 15 is 0 Å². The second-order valence-electron chi connectivity index (χ2n) is 6.70. The third-order valence-corrected chi connectivity index (χ3v) is 5.04. The Labute approximate surface area is 145 Å². The van der Waals surface area contributed by atoms with E-state index in [2.05, 4.69) is 37.8 Å². The molecule has 1 saturated carbocycles. The second-order valence-corrected chi connectivity index (χ2v) is 6.70. The first-order valence-electron chi connectivity index (χ1n) is 8.73. The Hall–Kier alpha value is -2.22. The van der Waals surface area contributed by atoms with Gasteiger partial charge in [-0.05, 0) is 68.4 Å². The summed E-state index contributed by atoms with van der Waals surface area (Å²) < 4.78 is 11.1. The Bertz CT molecular complexity index is 662. The highest BCUT2D eigenvalue weighted by molar-refractivity contribution is 5.32. The smallest absolute Gasteiger partial charge is 0.127 e. The summed E-state index contributed by atoms with van der Waals surface area (Å²) in [4.78, 5) is 0. The number of methoxy groups -OCH3 is 1. The van der Waals surface area contributed by atoms with Gasteiger partial charge in [-0.2, -0.15) is 0 Å². The van der Waals surface area contributed by atoms with E-state index in [0.717, 1.165) is 30.1 Å². The highest BCUT2D eigenvalue weighted by atomic mass is 16.5. The lowest BCUT2D eigenvalue weighted by molar-refractivity contribution is 0.275. The summed E-state index contributed by atoms with van der Waals surface area (Å²) in [5.41, 5.74) is 2.80. The summed E-state index contributed by atoms with van der Waals surface area (Å²) in [7, 11) is 1.67. The second kappa shape index (κ2) is 7.57. The van der Waals surface area contributed by atoms with Gasteiger partial charge < -0.3 is 9.47 Å². The third-order valence-electron chi connectivity index (χ3n) is 5.04. The van der Waals surface area contributed by atoms with Crippen LogP contribution in [0, 0.1) is 12.8 Å². The molecule has 0 spiro atoms. The predicted molar refractivity (Wildman–Crippen MR) is 98.6 cm³/mol. The van der Waals surface area contributed by atoms with Gasteiger partial charge in [-0.15, -0.1) is 0 Å². The predicted octanol–water partition coefficient (Wildman–Crippen LogP) is 5.87. The Morgan fingerprint density at radius 1 is 0.875 bits per heavy atom. The van der Waals surface area contributed by atoms with Crippen LogP contribution in [-0.2, 0) is 0 Å². The molecular formula is C22H26O2. The molecule has 1 aliphatic rings. The van der Waals surface area contributed by atoms with E-state index in [1.54, 1.807) is 7.11 Å². The van der Waals surface area contributed by atoms with E-state index < -0.39 is 0 Å². The average Bonchev–Trinajstić information content (AvgIpc) is 2.63. The van der Waals surface area contributed by atoms with Gasteiger partial charge in [-0.3, -0.25) is 0 Å². The third kappa shape index (κ3) is 4.00. The van der Waals surface area contributed by atoms with Gasteiger partial charge >= 0.3 is 0 Å². The van der Waals surface area contributed by atoms with Crippen molar-refractivity contribution in [3.63, 3.8) is 0 Å². The van der Waals surface area contributed by atoms with Crippen LogP contribution in [0.3, 0.4) is 0 Å². The van der Waals surface area contributed by atoms with Crippen molar-refractivity contribution in [3.8, 4) is 11.5 Å². The fourth-order valence-corrected chi connectivity index (χ4v) is 3.47. The highest BCUT2D eigenvalue weighted by Crippen LogP contribution is 2.38. The minimum absolute atomic E-state index is 0.453. The van der Waals surface area contributed by atoms with E-state index in [1.807, 2.05) is 24.3 Å². The molecule has 0 unspecified atom stereocenters. The van der Waals surface area contributed by atoms with Crippen LogP contribution in [0.5, 0.6) is 11.5 Å². The highest BCUT2D eigenvalue weighted by Gasteiger charge is 2.25. The zero-order valence-corrected chi connectivity index (χ0v) is 14.6. The van der Waals surface area contributed by atoms with Crippen LogP contribution in [0.2, 0.25) is 0 Å². The summed E-state index contributed by atoms with van der Waals surface area (Å²) in [5.74, 6) is 3.69. The van der Waals surface area contributed by atoms with Gasteiger partial charge in [0.2, 0.25) is 0 Å². The van der Waals surface area contributed by atoms with Gasteiger partial charge in [-0.25, -0.2) is 0 Å². The largest absolute Gasteiger partial charge is 0.497 e. The van der Waals surface area contributed by atoms with Crippen molar-refractivity contribution in [1.29, 1.82) is 0 Å². The number of allylic oxidation sites excluding steroid dienone is 1. The molecule has 2 aromatic carbocycles. The Balaban J connectivity index is 1.53. The summed E-state index contributed by atoms with van der Waals surface area (Å²) in [6.07, 6.45) is 4.71. The summed E-state index contributed by atoms with van der Waals surface area (Å²) >= 11 is 0. The van der Waals surface area contributed by atoms with Crippen molar-refractivity contribution in [2.24, 2.45) is 5.92 Å². The van der Waals surface area contributed by atoms with E-state index in [4.69, 9.17) is 9.47 Å². The lowest BCUT2D eigenvalue weighted by Crippen LogP contribution is -2.17. The quantitative estimate of drug-likeness (QED) is 0.641. The molecule has 0 radical (unpaired) electrons. The number of hydrogen-bond acceptors (Lipinski definition) is 2. The fraction of sp³-hybridized carbons (Fsp3) is 0.364. The van der Waals surface area contributed by atoms with Gasteiger partial charge in [0.1, 0.15) is 11.5 Å². The number of aryl methyl sites for hydroxylation is 1. The van der Waals surface area contributed by atoms with Crippen molar-refractivity contribution in [3.05, 3.63) is 72.0 Å². The molecule has 3 rings (SSSR count). The van der Waals surface area contributed by atoms with E-state index in [-0.39, 0.29) is 0 Å². The van der Waals surface area contributed by atoms with Gasteiger partial charge in [0.25, 0.3) is 0 Å². The topological polar surface area (TPSA) is 18.5 Å². The molecule has 2 nitrogen and oxygen atoms in total. The first-order chi connectivity index (χ1) is 11.7. The van der Waals surface area contributed by atoms with Gasteiger partial charge in [0, 0.05) is 5.92 Å². The Morgan fingerprint density at radius 2 is 1.46 bits per heavy atom. The normalized spacial score (nSPS) is 20.4. The first-order valence-corrected chi connectivity index (χ1v) is 8.73. The van der Waals surface area contributed by atoms with Crippen LogP contribution in [-0.4, -0.2) is 7.11 Å². The molecule has 1 fully saturated rings. The minimum atomic E-state index is 0.453.